The Morgan fingerprint density at radius 2 is 1.71 bits per heavy atom. The average Bonchev–Trinajstić information content (AvgIpc) is 3.11. The number of benzene rings is 2. The summed E-state index contributed by atoms with van der Waals surface area (Å²) >= 11 is 0. The van der Waals surface area contributed by atoms with E-state index in [1.54, 1.807) is 17.0 Å². The molecule has 0 bridgehead atoms. The second kappa shape index (κ2) is 8.80. The zero-order valence-corrected chi connectivity index (χ0v) is 19.1. The maximum absolute atomic E-state index is 12.8. The highest BCUT2D eigenvalue weighted by Crippen LogP contribution is 2.27. The molecular formula is C23H29N3O4S. The van der Waals surface area contributed by atoms with Gasteiger partial charge in [0.15, 0.2) is 0 Å². The molecule has 2 aromatic rings. The molecule has 166 valence electrons. The van der Waals surface area contributed by atoms with Crippen LogP contribution >= 0.6 is 0 Å². The molecule has 3 rings (SSSR count). The fraction of sp³-hybridized carbons (Fsp3) is 0.391. The van der Waals surface area contributed by atoms with Crippen molar-refractivity contribution in [3.8, 4) is 0 Å². The predicted molar refractivity (Wildman–Crippen MR) is 120 cm³/mol. The van der Waals surface area contributed by atoms with Gasteiger partial charge in [-0.2, -0.15) is 4.31 Å². The summed E-state index contributed by atoms with van der Waals surface area (Å²) < 4.78 is 27.0. The lowest BCUT2D eigenvalue weighted by Gasteiger charge is -2.31. The summed E-state index contributed by atoms with van der Waals surface area (Å²) in [7, 11) is -2.12. The van der Waals surface area contributed by atoms with E-state index in [1.165, 1.54) is 23.5 Å². The molecule has 1 fully saturated rings. The van der Waals surface area contributed by atoms with Crippen molar-refractivity contribution in [2.24, 2.45) is 5.92 Å². The summed E-state index contributed by atoms with van der Waals surface area (Å²) in [6.07, 6.45) is 0.180. The summed E-state index contributed by atoms with van der Waals surface area (Å²) in [5.41, 5.74) is 1.07. The van der Waals surface area contributed by atoms with E-state index in [1.807, 2.05) is 51.1 Å². The second-order valence-corrected chi connectivity index (χ2v) is 10.9. The number of carbonyl (C=O) groups is 2. The second-order valence-electron chi connectivity index (χ2n) is 8.84. The molecule has 8 heteroatoms. The van der Waals surface area contributed by atoms with Crippen molar-refractivity contribution in [3.05, 3.63) is 60.2 Å². The molecule has 1 aliphatic heterocycles. The van der Waals surface area contributed by atoms with Crippen LogP contribution < -0.4 is 5.32 Å². The summed E-state index contributed by atoms with van der Waals surface area (Å²) in [5, 5.41) is 2.80. The summed E-state index contributed by atoms with van der Waals surface area (Å²) in [6, 6.07) is 15.5. The zero-order chi connectivity index (χ0) is 22.8. The van der Waals surface area contributed by atoms with E-state index in [0.717, 1.165) is 5.56 Å². The van der Waals surface area contributed by atoms with Gasteiger partial charge in [-0.3, -0.25) is 9.59 Å². The van der Waals surface area contributed by atoms with Crippen LogP contribution in [0.2, 0.25) is 0 Å². The van der Waals surface area contributed by atoms with Crippen LogP contribution in [0.15, 0.2) is 59.5 Å². The minimum atomic E-state index is -3.66. The van der Waals surface area contributed by atoms with Crippen LogP contribution in [-0.2, 0) is 26.2 Å². The van der Waals surface area contributed by atoms with E-state index in [0.29, 0.717) is 12.2 Å². The van der Waals surface area contributed by atoms with E-state index < -0.39 is 15.9 Å². The minimum absolute atomic E-state index is 0.0319. The first-order valence-electron chi connectivity index (χ1n) is 10.2. The molecule has 2 amide bonds. The number of sulfonamides is 1. The van der Waals surface area contributed by atoms with Gasteiger partial charge < -0.3 is 10.2 Å². The van der Waals surface area contributed by atoms with Gasteiger partial charge in [-0.1, -0.05) is 30.3 Å². The number of carbonyl (C=O) groups excluding carboxylic acids is 2. The first kappa shape index (κ1) is 23.0. The van der Waals surface area contributed by atoms with Gasteiger partial charge in [0, 0.05) is 37.8 Å². The Kier molecular flexibility index (Phi) is 6.52. The number of hydrogen-bond acceptors (Lipinski definition) is 4. The van der Waals surface area contributed by atoms with Crippen molar-refractivity contribution in [1.82, 2.24) is 9.21 Å². The number of amides is 2. The van der Waals surface area contributed by atoms with Gasteiger partial charge in [-0.05, 0) is 50.6 Å². The fourth-order valence-electron chi connectivity index (χ4n) is 3.59. The van der Waals surface area contributed by atoms with Gasteiger partial charge in [0.2, 0.25) is 21.8 Å². The lowest BCUT2D eigenvalue weighted by molar-refractivity contribution is -0.131. The topological polar surface area (TPSA) is 86.8 Å². The summed E-state index contributed by atoms with van der Waals surface area (Å²) in [4.78, 5) is 26.7. The zero-order valence-electron chi connectivity index (χ0n) is 18.3. The van der Waals surface area contributed by atoms with E-state index >= 15 is 0 Å². The van der Waals surface area contributed by atoms with Crippen LogP contribution in [0.4, 0.5) is 5.69 Å². The quantitative estimate of drug-likeness (QED) is 0.743. The van der Waals surface area contributed by atoms with Crippen LogP contribution in [-0.4, -0.2) is 48.6 Å². The molecule has 7 nitrogen and oxygen atoms in total. The van der Waals surface area contributed by atoms with Gasteiger partial charge in [0.05, 0.1) is 10.8 Å². The standard InChI is InChI=1S/C23H29N3O4S/c1-23(2,3)26-16-18(14-21(26)27)22(28)24-19-10-12-20(13-11-19)31(29,30)25(4)15-17-8-6-5-7-9-17/h5-13,18H,14-16H2,1-4H3,(H,24,28)/t18-/m1/s1. The van der Waals surface area contributed by atoms with Crippen LogP contribution in [0.1, 0.15) is 32.8 Å². The molecule has 1 N–H and O–H groups in total. The van der Waals surface area contributed by atoms with Gasteiger partial charge in [-0.25, -0.2) is 8.42 Å². The third-order valence-corrected chi connectivity index (χ3v) is 7.20. The molecule has 0 aromatic heterocycles. The Labute approximate surface area is 184 Å². The molecule has 1 aliphatic rings. The van der Waals surface area contributed by atoms with Gasteiger partial charge in [0.25, 0.3) is 0 Å². The maximum Gasteiger partial charge on any atom is 0.243 e. The minimum Gasteiger partial charge on any atom is -0.337 e. The first-order chi connectivity index (χ1) is 14.5. The van der Waals surface area contributed by atoms with Gasteiger partial charge in [0.1, 0.15) is 0 Å². The predicted octanol–water partition coefficient (Wildman–Crippen LogP) is 3.09. The lowest BCUT2D eigenvalue weighted by atomic mass is 10.1. The highest BCUT2D eigenvalue weighted by atomic mass is 32.2. The number of likely N-dealkylation sites (tertiary alicyclic amines) is 1. The molecule has 0 aliphatic carbocycles. The average molecular weight is 444 g/mol. The van der Waals surface area contributed by atoms with Crippen LogP contribution in [0.5, 0.6) is 0 Å². The van der Waals surface area contributed by atoms with Crippen molar-refractivity contribution < 1.29 is 18.0 Å². The monoisotopic (exact) mass is 443 g/mol. The molecule has 2 aromatic carbocycles. The van der Waals surface area contributed by atoms with Gasteiger partial charge >= 0.3 is 0 Å². The maximum atomic E-state index is 12.8. The van der Waals surface area contributed by atoms with Crippen molar-refractivity contribution in [3.63, 3.8) is 0 Å². The summed E-state index contributed by atoms with van der Waals surface area (Å²) in [5.74, 6) is -0.695. The van der Waals surface area contributed by atoms with Crippen LogP contribution in [0, 0.1) is 5.92 Å². The van der Waals surface area contributed by atoms with Crippen molar-refractivity contribution in [2.45, 2.75) is 44.2 Å². The largest absolute Gasteiger partial charge is 0.337 e. The molecule has 0 saturated carbocycles. The Morgan fingerprint density at radius 3 is 2.26 bits per heavy atom. The number of rotatable bonds is 6. The molecule has 0 radical (unpaired) electrons. The molecule has 31 heavy (non-hydrogen) atoms. The molecule has 0 unspecified atom stereocenters. The molecule has 0 spiro atoms. The van der Waals surface area contributed by atoms with Crippen LogP contribution in [0.25, 0.3) is 0 Å². The number of anilines is 1. The van der Waals surface area contributed by atoms with Crippen molar-refractivity contribution >= 4 is 27.5 Å². The first-order valence-corrected chi connectivity index (χ1v) is 11.6. The van der Waals surface area contributed by atoms with Gasteiger partial charge in [-0.15, -0.1) is 0 Å². The normalized spacial score (nSPS) is 17.3. The van der Waals surface area contributed by atoms with E-state index in [-0.39, 0.29) is 35.2 Å². The third-order valence-electron chi connectivity index (χ3n) is 5.38. The number of nitrogens with zero attached hydrogens (tertiary/aromatic N) is 2. The summed E-state index contributed by atoms with van der Waals surface area (Å²) in [6.45, 7) is 6.48. The van der Waals surface area contributed by atoms with Crippen LogP contribution in [0.3, 0.4) is 0 Å². The van der Waals surface area contributed by atoms with Crippen molar-refractivity contribution in [2.75, 3.05) is 18.9 Å². The van der Waals surface area contributed by atoms with E-state index in [2.05, 4.69) is 5.32 Å². The lowest BCUT2D eigenvalue weighted by Crippen LogP contribution is -2.42. The number of nitrogens with one attached hydrogen (secondary N) is 1. The smallest absolute Gasteiger partial charge is 0.243 e. The Hall–Kier alpha value is -2.71. The molecule has 1 atom stereocenters. The Balaban J connectivity index is 1.65. The highest BCUT2D eigenvalue weighted by Gasteiger charge is 2.39. The van der Waals surface area contributed by atoms with E-state index in [4.69, 9.17) is 0 Å². The Morgan fingerprint density at radius 1 is 1.10 bits per heavy atom. The molecule has 1 heterocycles. The molecular weight excluding hydrogens is 414 g/mol. The highest BCUT2D eigenvalue weighted by molar-refractivity contribution is 7.89. The number of hydrogen-bond donors (Lipinski definition) is 1. The van der Waals surface area contributed by atoms with E-state index in [9.17, 15) is 18.0 Å². The fourth-order valence-corrected chi connectivity index (χ4v) is 4.75. The third kappa shape index (κ3) is 5.32. The van der Waals surface area contributed by atoms with Crippen molar-refractivity contribution in [1.29, 1.82) is 0 Å². The SMILES string of the molecule is CN(Cc1ccccc1)S(=O)(=O)c1ccc(NC(=O)[C@@H]2CC(=O)N(C(C)(C)C)C2)cc1. The molecule has 1 saturated heterocycles. The Bertz CT molecular complexity index is 1040.